The quantitative estimate of drug-likeness (QED) is 0.287. The molecule has 0 bridgehead atoms. The number of nitrogens with one attached hydrogen (secondary N) is 3. The molecule has 1 aliphatic heterocycles. The lowest BCUT2D eigenvalue weighted by atomic mass is 10.0. The van der Waals surface area contributed by atoms with Crippen LogP contribution in [0.3, 0.4) is 0 Å². The molecule has 0 spiro atoms. The number of carbonyl (C=O) groups excluding carboxylic acids is 4. The van der Waals surface area contributed by atoms with Crippen LogP contribution in [0.5, 0.6) is 5.75 Å². The number of ether oxygens (including phenoxy) is 1. The minimum Gasteiger partial charge on any atom is -0.508 e. The Balaban J connectivity index is 1.79. The molecule has 0 unspecified atom stereocenters. The third-order valence-electron chi connectivity index (χ3n) is 4.43. The SMILES string of the molecule is CC(C)C[C@H](NC(=O)[C@H]1O[C@@H]1C(=O)NCCc1ccc(O)cc1)C(=O)NCC(N)=O. The van der Waals surface area contributed by atoms with Crippen LogP contribution in [0.25, 0.3) is 0 Å². The average molecular weight is 420 g/mol. The summed E-state index contributed by atoms with van der Waals surface area (Å²) in [4.78, 5) is 47.6. The number of primary amides is 1. The zero-order chi connectivity index (χ0) is 22.3. The summed E-state index contributed by atoms with van der Waals surface area (Å²) in [6, 6.07) is 5.77. The van der Waals surface area contributed by atoms with Gasteiger partial charge in [-0.2, -0.15) is 0 Å². The lowest BCUT2D eigenvalue weighted by molar-refractivity contribution is -0.130. The van der Waals surface area contributed by atoms with E-state index in [1.807, 2.05) is 13.8 Å². The van der Waals surface area contributed by atoms with Gasteiger partial charge in [0.2, 0.25) is 11.8 Å². The number of benzene rings is 1. The fraction of sp³-hybridized carbons (Fsp3) is 0.500. The number of amides is 4. The molecule has 1 aromatic rings. The highest BCUT2D eigenvalue weighted by Crippen LogP contribution is 2.23. The predicted octanol–water partition coefficient (Wildman–Crippen LogP) is -1.05. The van der Waals surface area contributed by atoms with E-state index < -0.39 is 41.9 Å². The van der Waals surface area contributed by atoms with Gasteiger partial charge < -0.3 is 31.5 Å². The van der Waals surface area contributed by atoms with E-state index in [9.17, 15) is 24.3 Å². The number of aromatic hydroxyl groups is 1. The summed E-state index contributed by atoms with van der Waals surface area (Å²) in [6.07, 6.45) is -0.950. The molecule has 1 saturated heterocycles. The predicted molar refractivity (Wildman–Crippen MR) is 107 cm³/mol. The van der Waals surface area contributed by atoms with Crippen LogP contribution in [0, 0.1) is 5.92 Å². The summed E-state index contributed by atoms with van der Waals surface area (Å²) in [7, 11) is 0. The molecule has 1 aliphatic rings. The Labute approximate surface area is 174 Å². The number of phenols is 1. The van der Waals surface area contributed by atoms with Crippen LogP contribution in [0.4, 0.5) is 0 Å². The summed E-state index contributed by atoms with van der Waals surface area (Å²) in [5, 5.41) is 16.9. The summed E-state index contributed by atoms with van der Waals surface area (Å²) in [5.41, 5.74) is 5.96. The first-order valence-corrected chi connectivity index (χ1v) is 9.74. The Morgan fingerprint density at radius 3 is 2.30 bits per heavy atom. The monoisotopic (exact) mass is 420 g/mol. The van der Waals surface area contributed by atoms with E-state index in [1.54, 1.807) is 24.3 Å². The first-order chi connectivity index (χ1) is 14.2. The van der Waals surface area contributed by atoms with Crippen molar-refractivity contribution in [2.45, 2.75) is 44.9 Å². The zero-order valence-corrected chi connectivity index (χ0v) is 17.0. The molecule has 0 saturated carbocycles. The maximum atomic E-state index is 12.4. The number of hydrogen-bond donors (Lipinski definition) is 5. The standard InChI is InChI=1S/C20H28N4O6/c1-11(2)9-14(18(27)23-10-15(21)26)24-20(29)17-16(30-17)19(28)22-8-7-12-3-5-13(25)6-4-12/h3-6,11,14,16-17,25H,7-10H2,1-2H3,(H2,21,26)(H,22,28)(H,23,27)(H,24,29)/t14-,16-,17-/m0/s1. The van der Waals surface area contributed by atoms with Crippen LogP contribution in [0.15, 0.2) is 24.3 Å². The smallest absolute Gasteiger partial charge is 0.253 e. The summed E-state index contributed by atoms with van der Waals surface area (Å²) >= 11 is 0. The maximum Gasteiger partial charge on any atom is 0.253 e. The van der Waals surface area contributed by atoms with Gasteiger partial charge in [0.25, 0.3) is 11.8 Å². The van der Waals surface area contributed by atoms with Gasteiger partial charge in [-0.25, -0.2) is 0 Å². The Morgan fingerprint density at radius 2 is 1.70 bits per heavy atom. The van der Waals surface area contributed by atoms with E-state index >= 15 is 0 Å². The molecule has 1 fully saturated rings. The molecule has 1 heterocycles. The third kappa shape index (κ3) is 7.36. The molecular weight excluding hydrogens is 392 g/mol. The van der Waals surface area contributed by atoms with E-state index in [0.717, 1.165) is 5.56 Å². The minimum absolute atomic E-state index is 0.105. The van der Waals surface area contributed by atoms with Gasteiger partial charge in [0.15, 0.2) is 12.2 Å². The molecule has 0 aliphatic carbocycles. The molecular formula is C20H28N4O6. The molecule has 0 radical (unpaired) electrons. The van der Waals surface area contributed by atoms with Crippen molar-refractivity contribution in [1.29, 1.82) is 0 Å². The Morgan fingerprint density at radius 1 is 1.07 bits per heavy atom. The maximum absolute atomic E-state index is 12.4. The fourth-order valence-corrected chi connectivity index (χ4v) is 2.86. The second kappa shape index (κ2) is 10.6. The van der Waals surface area contributed by atoms with Crippen molar-refractivity contribution in [2.75, 3.05) is 13.1 Å². The molecule has 10 nitrogen and oxygen atoms in total. The Bertz CT molecular complexity index is 780. The lowest BCUT2D eigenvalue weighted by Crippen LogP contribution is -2.50. The Hall–Kier alpha value is -3.14. The molecule has 10 heteroatoms. The van der Waals surface area contributed by atoms with Gasteiger partial charge in [-0.05, 0) is 36.5 Å². The van der Waals surface area contributed by atoms with Crippen molar-refractivity contribution in [2.24, 2.45) is 11.7 Å². The normalized spacial score (nSPS) is 18.4. The number of carbonyl (C=O) groups is 4. The van der Waals surface area contributed by atoms with Crippen LogP contribution in [-0.4, -0.2) is 60.1 Å². The van der Waals surface area contributed by atoms with Crippen molar-refractivity contribution in [3.05, 3.63) is 29.8 Å². The topological polar surface area (TPSA) is 163 Å². The van der Waals surface area contributed by atoms with Crippen molar-refractivity contribution in [3.8, 4) is 5.75 Å². The number of epoxide rings is 1. The second-order valence-corrected chi connectivity index (χ2v) is 7.56. The molecule has 164 valence electrons. The van der Waals surface area contributed by atoms with E-state index in [-0.39, 0.29) is 18.2 Å². The molecule has 4 amide bonds. The highest BCUT2D eigenvalue weighted by Gasteiger charge is 2.50. The first kappa shape index (κ1) is 23.1. The summed E-state index contributed by atoms with van der Waals surface area (Å²) < 4.78 is 5.18. The number of rotatable bonds is 11. The number of nitrogens with two attached hydrogens (primary N) is 1. The summed E-state index contributed by atoms with van der Waals surface area (Å²) in [5.74, 6) is -1.91. The van der Waals surface area contributed by atoms with Gasteiger partial charge in [-0.15, -0.1) is 0 Å². The van der Waals surface area contributed by atoms with Gasteiger partial charge in [-0.3, -0.25) is 19.2 Å². The average Bonchev–Trinajstić information content (AvgIpc) is 3.47. The van der Waals surface area contributed by atoms with E-state index in [0.29, 0.717) is 19.4 Å². The van der Waals surface area contributed by atoms with Crippen molar-refractivity contribution >= 4 is 23.6 Å². The molecule has 1 aromatic carbocycles. The van der Waals surface area contributed by atoms with Crippen LogP contribution in [0.1, 0.15) is 25.8 Å². The van der Waals surface area contributed by atoms with Gasteiger partial charge in [-0.1, -0.05) is 26.0 Å². The van der Waals surface area contributed by atoms with E-state index in [4.69, 9.17) is 10.5 Å². The van der Waals surface area contributed by atoms with Crippen LogP contribution in [0.2, 0.25) is 0 Å². The minimum atomic E-state index is -0.961. The van der Waals surface area contributed by atoms with Gasteiger partial charge in [0.1, 0.15) is 11.8 Å². The largest absolute Gasteiger partial charge is 0.508 e. The lowest BCUT2D eigenvalue weighted by Gasteiger charge is -2.19. The molecule has 0 aromatic heterocycles. The van der Waals surface area contributed by atoms with E-state index in [2.05, 4.69) is 16.0 Å². The van der Waals surface area contributed by atoms with Crippen molar-refractivity contribution in [1.82, 2.24) is 16.0 Å². The third-order valence-corrected chi connectivity index (χ3v) is 4.43. The van der Waals surface area contributed by atoms with Crippen LogP contribution >= 0.6 is 0 Å². The molecule has 30 heavy (non-hydrogen) atoms. The zero-order valence-electron chi connectivity index (χ0n) is 17.0. The molecule has 6 N–H and O–H groups in total. The molecule has 3 atom stereocenters. The van der Waals surface area contributed by atoms with Crippen LogP contribution in [-0.2, 0) is 30.3 Å². The van der Waals surface area contributed by atoms with Gasteiger partial charge in [0, 0.05) is 6.54 Å². The highest BCUT2D eigenvalue weighted by atomic mass is 16.6. The number of phenolic OH excluding ortho intramolecular Hbond substituents is 1. The Kier molecular flexibility index (Phi) is 8.16. The fourth-order valence-electron chi connectivity index (χ4n) is 2.86. The highest BCUT2D eigenvalue weighted by molar-refractivity contribution is 5.97. The van der Waals surface area contributed by atoms with E-state index in [1.165, 1.54) is 0 Å². The van der Waals surface area contributed by atoms with Crippen LogP contribution < -0.4 is 21.7 Å². The molecule has 2 rings (SSSR count). The van der Waals surface area contributed by atoms with Crippen molar-refractivity contribution in [3.63, 3.8) is 0 Å². The van der Waals surface area contributed by atoms with Crippen molar-refractivity contribution < 1.29 is 29.0 Å². The first-order valence-electron chi connectivity index (χ1n) is 9.74. The van der Waals surface area contributed by atoms with Gasteiger partial charge in [0.05, 0.1) is 6.54 Å². The summed E-state index contributed by atoms with van der Waals surface area (Å²) in [6.45, 7) is 3.80. The number of hydrogen-bond acceptors (Lipinski definition) is 6. The second-order valence-electron chi connectivity index (χ2n) is 7.56. The van der Waals surface area contributed by atoms with Gasteiger partial charge >= 0.3 is 0 Å².